The molecular weight excluding hydrogens is 685 g/mol. The first kappa shape index (κ1) is 34.2. The minimum absolute atomic E-state index is 0.264. The van der Waals surface area contributed by atoms with Crippen LogP contribution in [-0.4, -0.2) is 91.5 Å². The van der Waals surface area contributed by atoms with Crippen molar-refractivity contribution in [3.63, 3.8) is 0 Å². The Morgan fingerprint density at radius 1 is 0.855 bits per heavy atom. The molecule has 0 spiro atoms. The van der Waals surface area contributed by atoms with E-state index < -0.39 is 0 Å². The summed E-state index contributed by atoms with van der Waals surface area (Å²) in [5, 5.41) is 31.0. The Bertz CT molecular complexity index is 2700. The van der Waals surface area contributed by atoms with Gasteiger partial charge in [-0.2, -0.15) is 9.78 Å². The van der Waals surface area contributed by atoms with Gasteiger partial charge in [-0.05, 0) is 103 Å². The van der Waals surface area contributed by atoms with Crippen LogP contribution in [0, 0.1) is 0 Å². The number of rotatable bonds is 11. The molecule has 0 saturated carbocycles. The van der Waals surface area contributed by atoms with E-state index in [1.807, 2.05) is 12.1 Å². The molecule has 4 aromatic heterocycles. The number of H-pyrrole nitrogens is 3. The van der Waals surface area contributed by atoms with Crippen LogP contribution >= 0.6 is 0 Å². The molecule has 1 aliphatic heterocycles. The highest BCUT2D eigenvalue weighted by Crippen LogP contribution is 2.36. The number of anilines is 2. The summed E-state index contributed by atoms with van der Waals surface area (Å²) in [6.07, 6.45) is 4.31. The molecule has 276 valence electrons. The van der Waals surface area contributed by atoms with Crippen LogP contribution in [0.15, 0.2) is 98.1 Å². The highest BCUT2D eigenvalue weighted by Gasteiger charge is 2.21. The first-order chi connectivity index (χ1) is 26.9. The second kappa shape index (κ2) is 14.0. The molecule has 55 heavy (non-hydrogen) atoms. The summed E-state index contributed by atoms with van der Waals surface area (Å²) in [7, 11) is 2.19. The van der Waals surface area contributed by atoms with E-state index in [0.717, 1.165) is 107 Å². The van der Waals surface area contributed by atoms with Crippen molar-refractivity contribution in [3.05, 3.63) is 115 Å². The minimum atomic E-state index is 0.264. The van der Waals surface area contributed by atoms with E-state index in [0.29, 0.717) is 5.69 Å². The van der Waals surface area contributed by atoms with Gasteiger partial charge >= 0.3 is 0 Å². The number of hydrogen-bond donors (Lipinski definition) is 4. The fraction of sp³-hybridized carbons (Fsp3) is 0.205. The average Bonchev–Trinajstić information content (AvgIpc) is 4.03. The molecule has 0 unspecified atom stereocenters. The largest absolute Gasteiger partial charge is 0.508 e. The van der Waals surface area contributed by atoms with Gasteiger partial charge in [-0.3, -0.25) is 5.10 Å². The van der Waals surface area contributed by atoms with Crippen LogP contribution in [0.1, 0.15) is 23.9 Å². The molecule has 0 aliphatic carbocycles. The number of aromatic amines is 3. The third kappa shape index (κ3) is 6.22. The highest BCUT2D eigenvalue weighted by atomic mass is 16.3. The summed E-state index contributed by atoms with van der Waals surface area (Å²) in [5.74, 6) is 1.09. The lowest BCUT2D eigenvalue weighted by Crippen LogP contribution is -2.44. The number of nitrogens with one attached hydrogen (secondary N) is 3. The van der Waals surface area contributed by atoms with E-state index in [1.54, 1.807) is 29.0 Å². The average molecular weight is 729 g/mol. The van der Waals surface area contributed by atoms with Gasteiger partial charge in [0.1, 0.15) is 17.3 Å². The number of aromatic hydroxyl groups is 1. The SMILES string of the molecule is C=Cc1nnn(-c2cc3c(N(CC)CCc4ccc(N5CCN(C)CC5)c5cc(-c6cc(-c7ccc8cc(O)ccc8c7)n[nH]6)[nH]c45)cccc3[nH]2)c1C=C. The van der Waals surface area contributed by atoms with Crippen molar-refractivity contribution in [2.45, 2.75) is 13.3 Å². The maximum Gasteiger partial charge on any atom is 0.135 e. The van der Waals surface area contributed by atoms with Gasteiger partial charge in [0, 0.05) is 72.5 Å². The second-order valence-electron chi connectivity index (χ2n) is 14.3. The molecule has 11 nitrogen and oxygen atoms in total. The molecule has 4 aromatic carbocycles. The molecule has 9 rings (SSSR count). The van der Waals surface area contributed by atoms with Gasteiger partial charge in [0.15, 0.2) is 0 Å². The van der Waals surface area contributed by atoms with Crippen LogP contribution in [0.2, 0.25) is 0 Å². The zero-order chi connectivity index (χ0) is 37.6. The van der Waals surface area contributed by atoms with Crippen molar-refractivity contribution in [2.75, 3.05) is 56.1 Å². The fourth-order valence-electron chi connectivity index (χ4n) is 7.97. The van der Waals surface area contributed by atoms with Gasteiger partial charge in [0.2, 0.25) is 0 Å². The Kier molecular flexibility index (Phi) is 8.70. The van der Waals surface area contributed by atoms with Crippen molar-refractivity contribution in [3.8, 4) is 34.2 Å². The van der Waals surface area contributed by atoms with Crippen LogP contribution in [0.5, 0.6) is 5.75 Å². The van der Waals surface area contributed by atoms with Gasteiger partial charge in [0.25, 0.3) is 0 Å². The van der Waals surface area contributed by atoms with Crippen LogP contribution in [-0.2, 0) is 6.42 Å². The maximum atomic E-state index is 9.92. The summed E-state index contributed by atoms with van der Waals surface area (Å²) in [5.41, 5.74) is 11.2. The molecule has 5 heterocycles. The third-order valence-electron chi connectivity index (χ3n) is 11.0. The van der Waals surface area contributed by atoms with Crippen molar-refractivity contribution in [1.29, 1.82) is 0 Å². The predicted octanol–water partition coefficient (Wildman–Crippen LogP) is 8.25. The number of nitrogens with zero attached hydrogens (tertiary/aromatic N) is 7. The quantitative estimate of drug-likeness (QED) is 0.106. The Morgan fingerprint density at radius 2 is 1.69 bits per heavy atom. The molecule has 8 aromatic rings. The molecule has 0 bridgehead atoms. The molecule has 4 N–H and O–H groups in total. The lowest BCUT2D eigenvalue weighted by atomic mass is 10.0. The maximum absolute atomic E-state index is 9.92. The smallest absolute Gasteiger partial charge is 0.135 e. The monoisotopic (exact) mass is 728 g/mol. The van der Waals surface area contributed by atoms with Gasteiger partial charge in [0.05, 0.1) is 28.3 Å². The Balaban J connectivity index is 1.04. The van der Waals surface area contributed by atoms with E-state index in [2.05, 4.69) is 128 Å². The lowest BCUT2D eigenvalue weighted by molar-refractivity contribution is 0.313. The molecule has 1 fully saturated rings. The van der Waals surface area contributed by atoms with Crippen molar-refractivity contribution in [1.82, 2.24) is 40.1 Å². The van der Waals surface area contributed by atoms with E-state index in [4.69, 9.17) is 5.10 Å². The van der Waals surface area contributed by atoms with Crippen LogP contribution in [0.4, 0.5) is 11.4 Å². The summed E-state index contributed by atoms with van der Waals surface area (Å²) in [6.45, 7) is 15.8. The number of phenols is 1. The number of benzene rings is 4. The Morgan fingerprint density at radius 3 is 2.51 bits per heavy atom. The highest BCUT2D eigenvalue weighted by molar-refractivity contribution is 5.99. The zero-order valence-electron chi connectivity index (χ0n) is 31.2. The predicted molar refractivity (Wildman–Crippen MR) is 225 cm³/mol. The minimum Gasteiger partial charge on any atom is -0.508 e. The number of phenolic OH excluding ortho intramolecular Hbond substituents is 1. The molecule has 1 aliphatic rings. The standard InChI is InChI=1S/C44H44N10O/c1-5-35-40(6-2)54(50-49-35)43-26-33-36(45-43)9-8-10-41(33)52(7-3)18-17-28-14-16-42(53-21-19-51(4)20-22-53)34-25-38(46-44(28)34)39-27-37(47-48-39)31-12-11-30-24-32(55)15-13-29(30)23-31/h5-6,8-16,23-27,45-46,55H,1-2,7,17-22H2,3-4H3,(H,47,48). The zero-order valence-corrected chi connectivity index (χ0v) is 31.2. The summed E-state index contributed by atoms with van der Waals surface area (Å²) in [6, 6.07) is 29.2. The first-order valence-electron chi connectivity index (χ1n) is 18.9. The number of aromatic nitrogens is 7. The topological polar surface area (TPSA) is 121 Å². The van der Waals surface area contributed by atoms with E-state index in [1.165, 1.54) is 22.3 Å². The Hall–Kier alpha value is -6.59. The van der Waals surface area contributed by atoms with Crippen LogP contribution in [0.3, 0.4) is 0 Å². The van der Waals surface area contributed by atoms with Crippen molar-refractivity contribution in [2.24, 2.45) is 0 Å². The number of hydrogen-bond acceptors (Lipinski definition) is 7. The fourth-order valence-corrected chi connectivity index (χ4v) is 7.97. The van der Waals surface area contributed by atoms with Crippen LogP contribution < -0.4 is 9.80 Å². The summed E-state index contributed by atoms with van der Waals surface area (Å²) in [4.78, 5) is 14.7. The molecule has 0 radical (unpaired) electrons. The van der Waals surface area contributed by atoms with Gasteiger partial charge in [-0.25, -0.2) is 0 Å². The van der Waals surface area contributed by atoms with Crippen LogP contribution in [0.25, 0.3) is 73.2 Å². The number of piperazine rings is 1. The normalized spacial score (nSPS) is 13.7. The molecule has 0 amide bonds. The number of likely N-dealkylation sites (N-methyl/N-ethyl adjacent to an activating group) is 2. The molecule has 0 atom stereocenters. The van der Waals surface area contributed by atoms with Gasteiger partial charge < -0.3 is 29.8 Å². The molecule has 11 heteroatoms. The number of fused-ring (bicyclic) bond motifs is 3. The van der Waals surface area contributed by atoms with E-state index in [-0.39, 0.29) is 5.75 Å². The van der Waals surface area contributed by atoms with E-state index >= 15 is 0 Å². The van der Waals surface area contributed by atoms with E-state index in [9.17, 15) is 5.11 Å². The van der Waals surface area contributed by atoms with Gasteiger partial charge in [-0.15, -0.1) is 5.10 Å². The first-order valence-corrected chi connectivity index (χ1v) is 18.9. The van der Waals surface area contributed by atoms with Gasteiger partial charge in [-0.1, -0.05) is 48.7 Å². The molecule has 1 saturated heterocycles. The third-order valence-corrected chi connectivity index (χ3v) is 11.0. The summed E-state index contributed by atoms with van der Waals surface area (Å²) < 4.78 is 1.78. The summed E-state index contributed by atoms with van der Waals surface area (Å²) >= 11 is 0. The molecular formula is C44H44N10O. The van der Waals surface area contributed by atoms with Crippen molar-refractivity contribution >= 4 is 56.1 Å². The second-order valence-corrected chi connectivity index (χ2v) is 14.3. The van der Waals surface area contributed by atoms with Crippen molar-refractivity contribution < 1.29 is 5.11 Å². The lowest BCUT2D eigenvalue weighted by Gasteiger charge is -2.34. The Labute approximate surface area is 319 Å².